The molecule has 0 bridgehead atoms. The zero-order valence-electron chi connectivity index (χ0n) is 15.7. The van der Waals surface area contributed by atoms with Gasteiger partial charge in [0.05, 0.1) is 6.04 Å². The number of hydrogen-bond acceptors (Lipinski definition) is 4. The fraction of sp³-hybridized carbons (Fsp3) is 0.300. The maximum Gasteiger partial charge on any atom is 0.196 e. The van der Waals surface area contributed by atoms with Gasteiger partial charge in [0.15, 0.2) is 11.0 Å². The van der Waals surface area contributed by atoms with E-state index in [0.717, 1.165) is 17.1 Å². The van der Waals surface area contributed by atoms with Crippen molar-refractivity contribution in [2.45, 2.75) is 30.3 Å². The Labute approximate surface area is 162 Å². The van der Waals surface area contributed by atoms with Crippen molar-refractivity contribution in [3.05, 3.63) is 71.6 Å². The van der Waals surface area contributed by atoms with Crippen molar-refractivity contribution in [2.75, 3.05) is 14.1 Å². The molecule has 0 aliphatic heterocycles. The van der Waals surface area contributed by atoms with Gasteiger partial charge in [0.2, 0.25) is 0 Å². The molecule has 0 saturated carbocycles. The van der Waals surface area contributed by atoms with Gasteiger partial charge < -0.3 is 0 Å². The molecule has 0 fully saturated rings. The number of thioether (sulfide) groups is 1. The largest absolute Gasteiger partial charge is 0.300 e. The van der Waals surface area contributed by atoms with Crippen molar-refractivity contribution < 1.29 is 8.78 Å². The number of halogens is 2. The lowest BCUT2D eigenvalue weighted by atomic mass is 10.2. The molecule has 0 unspecified atom stereocenters. The normalized spacial score (nSPS) is 13.7. The summed E-state index contributed by atoms with van der Waals surface area (Å²) < 4.78 is 28.5. The zero-order chi connectivity index (χ0) is 19.6. The Morgan fingerprint density at radius 1 is 0.889 bits per heavy atom. The molecule has 2 aromatic carbocycles. The summed E-state index contributed by atoms with van der Waals surface area (Å²) in [6.07, 6.45) is 0. The molecule has 0 saturated heterocycles. The minimum atomic E-state index is -0.289. The van der Waals surface area contributed by atoms with Crippen molar-refractivity contribution >= 4 is 11.8 Å². The number of aromatic nitrogens is 3. The summed E-state index contributed by atoms with van der Waals surface area (Å²) in [4.78, 5) is 2.04. The Kier molecular flexibility index (Phi) is 5.92. The minimum Gasteiger partial charge on any atom is -0.300 e. The number of benzene rings is 2. The lowest BCUT2D eigenvalue weighted by Gasteiger charge is -2.21. The van der Waals surface area contributed by atoms with E-state index in [0.29, 0.717) is 5.16 Å². The standard InChI is InChI=1S/C20H22F2N4S/c1-13(25(3)4)19-23-24-20(26(19)18-11-9-17(22)10-12-18)27-14(2)15-5-7-16(21)8-6-15/h5-14H,1-4H3/t13-,14-/m1/s1. The molecule has 0 N–H and O–H groups in total. The number of rotatable bonds is 6. The maximum absolute atomic E-state index is 13.4. The molecular weight excluding hydrogens is 366 g/mol. The Morgan fingerprint density at radius 3 is 2.00 bits per heavy atom. The number of hydrogen-bond donors (Lipinski definition) is 0. The predicted octanol–water partition coefficient (Wildman–Crippen LogP) is 5.02. The van der Waals surface area contributed by atoms with Gasteiger partial charge in [0, 0.05) is 10.9 Å². The molecule has 2 atom stereocenters. The van der Waals surface area contributed by atoms with E-state index in [-0.39, 0.29) is 22.9 Å². The van der Waals surface area contributed by atoms with Crippen LogP contribution in [0.25, 0.3) is 5.69 Å². The van der Waals surface area contributed by atoms with Gasteiger partial charge in [0.1, 0.15) is 11.6 Å². The van der Waals surface area contributed by atoms with Crippen molar-refractivity contribution in [2.24, 2.45) is 0 Å². The highest BCUT2D eigenvalue weighted by atomic mass is 32.2. The first-order chi connectivity index (χ1) is 12.9. The monoisotopic (exact) mass is 388 g/mol. The lowest BCUT2D eigenvalue weighted by Crippen LogP contribution is -2.20. The summed E-state index contributed by atoms with van der Waals surface area (Å²) in [5.41, 5.74) is 1.80. The van der Waals surface area contributed by atoms with Crippen molar-refractivity contribution in [3.8, 4) is 5.69 Å². The Hall–Kier alpha value is -2.25. The van der Waals surface area contributed by atoms with Crippen LogP contribution in [0.1, 0.15) is 36.5 Å². The van der Waals surface area contributed by atoms with Crippen LogP contribution in [0, 0.1) is 11.6 Å². The molecule has 0 amide bonds. The highest BCUT2D eigenvalue weighted by molar-refractivity contribution is 7.99. The van der Waals surface area contributed by atoms with Crippen LogP contribution in [0.5, 0.6) is 0 Å². The second-order valence-corrected chi connectivity index (χ2v) is 7.91. The van der Waals surface area contributed by atoms with E-state index in [4.69, 9.17) is 0 Å². The second kappa shape index (κ2) is 8.19. The van der Waals surface area contributed by atoms with Crippen LogP contribution in [0.3, 0.4) is 0 Å². The first-order valence-corrected chi connectivity index (χ1v) is 9.54. The zero-order valence-corrected chi connectivity index (χ0v) is 16.5. The van der Waals surface area contributed by atoms with E-state index in [1.807, 2.05) is 37.4 Å². The topological polar surface area (TPSA) is 34.0 Å². The Bertz CT molecular complexity index is 891. The van der Waals surface area contributed by atoms with Gasteiger partial charge in [-0.1, -0.05) is 23.9 Å². The fourth-order valence-electron chi connectivity index (χ4n) is 2.65. The molecule has 1 aromatic heterocycles. The summed E-state index contributed by atoms with van der Waals surface area (Å²) in [7, 11) is 3.95. The molecule has 0 aliphatic rings. The highest BCUT2D eigenvalue weighted by Gasteiger charge is 2.22. The summed E-state index contributed by atoms with van der Waals surface area (Å²) in [5, 5.41) is 9.54. The second-order valence-electron chi connectivity index (χ2n) is 6.60. The van der Waals surface area contributed by atoms with Gasteiger partial charge in [-0.05, 0) is 69.9 Å². The van der Waals surface area contributed by atoms with Crippen molar-refractivity contribution in [3.63, 3.8) is 0 Å². The van der Waals surface area contributed by atoms with Crippen LogP contribution in [0.2, 0.25) is 0 Å². The van der Waals surface area contributed by atoms with Gasteiger partial charge >= 0.3 is 0 Å². The van der Waals surface area contributed by atoms with Gasteiger partial charge in [-0.25, -0.2) is 8.78 Å². The van der Waals surface area contributed by atoms with Crippen LogP contribution < -0.4 is 0 Å². The van der Waals surface area contributed by atoms with E-state index in [2.05, 4.69) is 10.2 Å². The van der Waals surface area contributed by atoms with E-state index in [1.165, 1.54) is 36.0 Å². The van der Waals surface area contributed by atoms with Gasteiger partial charge in [-0.3, -0.25) is 9.47 Å². The molecule has 27 heavy (non-hydrogen) atoms. The van der Waals surface area contributed by atoms with Crippen LogP contribution in [0.15, 0.2) is 53.7 Å². The molecule has 4 nitrogen and oxygen atoms in total. The van der Waals surface area contributed by atoms with E-state index >= 15 is 0 Å². The third-order valence-electron chi connectivity index (χ3n) is 4.51. The highest BCUT2D eigenvalue weighted by Crippen LogP contribution is 2.36. The summed E-state index contributed by atoms with van der Waals surface area (Å²) in [5.74, 6) is 0.232. The molecule has 0 aliphatic carbocycles. The smallest absolute Gasteiger partial charge is 0.196 e. The van der Waals surface area contributed by atoms with Crippen LogP contribution in [0.4, 0.5) is 8.78 Å². The minimum absolute atomic E-state index is 0.0260. The lowest BCUT2D eigenvalue weighted by molar-refractivity contribution is 0.305. The van der Waals surface area contributed by atoms with Gasteiger partial charge in [-0.15, -0.1) is 10.2 Å². The van der Waals surface area contributed by atoms with E-state index in [9.17, 15) is 8.78 Å². The van der Waals surface area contributed by atoms with Gasteiger partial charge in [-0.2, -0.15) is 0 Å². The first kappa shape index (κ1) is 19.5. The van der Waals surface area contributed by atoms with Gasteiger partial charge in [0.25, 0.3) is 0 Å². The average Bonchev–Trinajstić information content (AvgIpc) is 3.05. The summed E-state index contributed by atoms with van der Waals surface area (Å²) >= 11 is 1.53. The molecule has 1 heterocycles. The Balaban J connectivity index is 1.99. The van der Waals surface area contributed by atoms with Crippen LogP contribution in [-0.2, 0) is 0 Å². The molecule has 0 radical (unpaired) electrons. The predicted molar refractivity (Wildman–Crippen MR) is 104 cm³/mol. The third-order valence-corrected chi connectivity index (χ3v) is 5.61. The fourth-order valence-corrected chi connectivity index (χ4v) is 3.65. The summed E-state index contributed by atoms with van der Waals surface area (Å²) in [6, 6.07) is 12.8. The van der Waals surface area contributed by atoms with Crippen LogP contribution in [-0.4, -0.2) is 33.8 Å². The molecule has 7 heteroatoms. The molecule has 3 rings (SSSR count). The van der Waals surface area contributed by atoms with E-state index < -0.39 is 0 Å². The van der Waals surface area contributed by atoms with Crippen molar-refractivity contribution in [1.29, 1.82) is 0 Å². The average molecular weight is 388 g/mol. The molecule has 3 aromatic rings. The number of nitrogens with zero attached hydrogens (tertiary/aromatic N) is 4. The molecular formula is C20H22F2N4S. The molecule has 142 valence electrons. The SMILES string of the molecule is C[C@H](c1nnc(S[C@H](C)c2ccc(F)cc2)n1-c1ccc(F)cc1)N(C)C. The quantitative estimate of drug-likeness (QED) is 0.555. The van der Waals surface area contributed by atoms with Crippen molar-refractivity contribution in [1.82, 2.24) is 19.7 Å². The Morgan fingerprint density at radius 2 is 1.44 bits per heavy atom. The summed E-state index contributed by atoms with van der Waals surface area (Å²) in [6.45, 7) is 4.08. The third kappa shape index (κ3) is 4.36. The van der Waals surface area contributed by atoms with E-state index in [1.54, 1.807) is 24.3 Å². The van der Waals surface area contributed by atoms with Crippen LogP contribution >= 0.6 is 11.8 Å². The first-order valence-electron chi connectivity index (χ1n) is 8.66. The molecule has 0 spiro atoms. The maximum atomic E-state index is 13.4.